The van der Waals surface area contributed by atoms with E-state index in [1.807, 2.05) is 32.0 Å². The van der Waals surface area contributed by atoms with Crippen molar-refractivity contribution < 1.29 is 4.79 Å². The third kappa shape index (κ3) is 4.34. The molecule has 3 aromatic rings. The molecule has 0 unspecified atom stereocenters. The van der Waals surface area contributed by atoms with E-state index in [9.17, 15) is 4.79 Å². The van der Waals surface area contributed by atoms with E-state index in [0.717, 1.165) is 39.4 Å². The lowest BCUT2D eigenvalue weighted by Gasteiger charge is -2.08. The second-order valence-electron chi connectivity index (χ2n) is 6.33. The lowest BCUT2D eigenvalue weighted by molar-refractivity contribution is 0.0953. The lowest BCUT2D eigenvalue weighted by atomic mass is 10.1. The highest BCUT2D eigenvalue weighted by molar-refractivity contribution is 7.13. The van der Waals surface area contributed by atoms with Gasteiger partial charge in [-0.25, -0.2) is 4.98 Å². The number of rotatable bonds is 5. The van der Waals surface area contributed by atoms with E-state index < -0.39 is 0 Å². The van der Waals surface area contributed by atoms with Crippen molar-refractivity contribution in [2.24, 2.45) is 0 Å². The molecule has 1 amide bonds. The zero-order valence-electron chi connectivity index (χ0n) is 14.8. The van der Waals surface area contributed by atoms with Gasteiger partial charge in [0, 0.05) is 29.5 Å². The van der Waals surface area contributed by atoms with E-state index >= 15 is 0 Å². The third-order valence-corrected chi connectivity index (χ3v) is 5.09. The molecule has 3 nitrogen and oxygen atoms in total. The highest BCUT2D eigenvalue weighted by Gasteiger charge is 2.09. The summed E-state index contributed by atoms with van der Waals surface area (Å²) in [4.78, 5) is 17.0. The molecule has 0 bridgehead atoms. The second-order valence-corrected chi connectivity index (χ2v) is 7.19. The highest BCUT2D eigenvalue weighted by Crippen LogP contribution is 2.24. The summed E-state index contributed by atoms with van der Waals surface area (Å²) in [6.45, 7) is 6.62. The molecule has 0 aliphatic rings. The average molecular weight is 350 g/mol. The summed E-state index contributed by atoms with van der Waals surface area (Å²) in [5.74, 6) is -0.0183. The molecule has 1 heterocycles. The molecule has 0 saturated heterocycles. The molecule has 2 aromatic carbocycles. The first kappa shape index (κ1) is 17.4. The quantitative estimate of drug-likeness (QED) is 0.724. The van der Waals surface area contributed by atoms with E-state index in [0.29, 0.717) is 6.54 Å². The van der Waals surface area contributed by atoms with Crippen LogP contribution in [0.5, 0.6) is 0 Å². The Morgan fingerprint density at radius 2 is 1.76 bits per heavy atom. The predicted molar refractivity (Wildman–Crippen MR) is 104 cm³/mol. The number of aryl methyl sites for hydroxylation is 3. The molecule has 1 N–H and O–H groups in total. The van der Waals surface area contributed by atoms with Crippen LogP contribution in [-0.4, -0.2) is 17.4 Å². The number of amides is 1. The van der Waals surface area contributed by atoms with Crippen LogP contribution in [0.4, 0.5) is 0 Å². The van der Waals surface area contributed by atoms with Crippen molar-refractivity contribution in [3.8, 4) is 10.6 Å². The first-order chi connectivity index (χ1) is 12.0. The molecule has 0 aliphatic carbocycles. The molecule has 0 radical (unpaired) electrons. The van der Waals surface area contributed by atoms with Crippen molar-refractivity contribution in [2.75, 3.05) is 6.54 Å². The van der Waals surface area contributed by atoms with Crippen molar-refractivity contribution in [1.29, 1.82) is 0 Å². The van der Waals surface area contributed by atoms with E-state index in [4.69, 9.17) is 0 Å². The molecule has 4 heteroatoms. The maximum atomic E-state index is 12.3. The summed E-state index contributed by atoms with van der Waals surface area (Å²) in [6, 6.07) is 14.3. The molecule has 3 rings (SSSR count). The zero-order valence-corrected chi connectivity index (χ0v) is 15.6. The normalized spacial score (nSPS) is 10.7. The SMILES string of the molecule is Cc1ccc(-c2nc(CCNC(=O)c3cc(C)ccc3C)cs2)cc1. The molecule has 25 heavy (non-hydrogen) atoms. The van der Waals surface area contributed by atoms with Crippen LogP contribution in [-0.2, 0) is 6.42 Å². The Hall–Kier alpha value is -2.46. The van der Waals surface area contributed by atoms with Crippen molar-refractivity contribution in [3.05, 3.63) is 75.8 Å². The summed E-state index contributed by atoms with van der Waals surface area (Å²) in [6.07, 6.45) is 0.735. The Morgan fingerprint density at radius 1 is 1.04 bits per heavy atom. The van der Waals surface area contributed by atoms with Crippen LogP contribution in [0, 0.1) is 20.8 Å². The Kier molecular flexibility index (Phi) is 5.29. The van der Waals surface area contributed by atoms with Gasteiger partial charge in [-0.05, 0) is 32.4 Å². The summed E-state index contributed by atoms with van der Waals surface area (Å²) >= 11 is 1.64. The van der Waals surface area contributed by atoms with Crippen molar-refractivity contribution in [1.82, 2.24) is 10.3 Å². The fourth-order valence-electron chi connectivity index (χ4n) is 2.63. The fourth-order valence-corrected chi connectivity index (χ4v) is 3.49. The van der Waals surface area contributed by atoms with Gasteiger partial charge >= 0.3 is 0 Å². The number of benzene rings is 2. The number of hydrogen-bond donors (Lipinski definition) is 1. The van der Waals surface area contributed by atoms with Crippen LogP contribution in [0.15, 0.2) is 47.8 Å². The molecule has 1 aromatic heterocycles. The van der Waals surface area contributed by atoms with E-state index in [-0.39, 0.29) is 5.91 Å². The number of carbonyl (C=O) groups is 1. The van der Waals surface area contributed by atoms with Gasteiger partial charge in [-0.2, -0.15) is 0 Å². The number of hydrogen-bond acceptors (Lipinski definition) is 3. The number of thiazole rings is 1. The van der Waals surface area contributed by atoms with Gasteiger partial charge in [-0.15, -0.1) is 11.3 Å². The van der Waals surface area contributed by atoms with Crippen molar-refractivity contribution in [2.45, 2.75) is 27.2 Å². The van der Waals surface area contributed by atoms with Gasteiger partial charge in [0.15, 0.2) is 0 Å². The van der Waals surface area contributed by atoms with Crippen molar-refractivity contribution in [3.63, 3.8) is 0 Å². The first-order valence-electron chi connectivity index (χ1n) is 8.40. The average Bonchev–Trinajstić information content (AvgIpc) is 3.06. The van der Waals surface area contributed by atoms with Gasteiger partial charge < -0.3 is 5.32 Å². The smallest absolute Gasteiger partial charge is 0.251 e. The van der Waals surface area contributed by atoms with Gasteiger partial charge in [0.05, 0.1) is 5.69 Å². The Bertz CT molecular complexity index is 881. The minimum Gasteiger partial charge on any atom is -0.352 e. The van der Waals surface area contributed by atoms with Gasteiger partial charge in [0.2, 0.25) is 0 Å². The Morgan fingerprint density at radius 3 is 2.52 bits per heavy atom. The maximum Gasteiger partial charge on any atom is 0.251 e. The maximum absolute atomic E-state index is 12.3. The summed E-state index contributed by atoms with van der Waals surface area (Å²) < 4.78 is 0. The summed E-state index contributed by atoms with van der Waals surface area (Å²) in [5.41, 5.74) is 6.24. The standard InChI is InChI=1S/C21H22N2OS/c1-14-5-8-17(9-6-14)21-23-18(13-25-21)10-11-22-20(24)19-12-15(2)4-7-16(19)3/h4-9,12-13H,10-11H2,1-3H3,(H,22,24). The number of aromatic nitrogens is 1. The van der Waals surface area contributed by atoms with E-state index in [1.54, 1.807) is 11.3 Å². The number of carbonyl (C=O) groups excluding carboxylic acids is 1. The Labute approximate surface area is 152 Å². The molecular weight excluding hydrogens is 328 g/mol. The topological polar surface area (TPSA) is 42.0 Å². The van der Waals surface area contributed by atoms with Gasteiger partial charge in [0.1, 0.15) is 5.01 Å². The molecule has 0 aliphatic heterocycles. The molecule has 0 fully saturated rings. The largest absolute Gasteiger partial charge is 0.352 e. The van der Waals surface area contributed by atoms with Gasteiger partial charge in [-0.1, -0.05) is 47.5 Å². The third-order valence-electron chi connectivity index (χ3n) is 4.15. The van der Waals surface area contributed by atoms with Crippen LogP contribution in [0.1, 0.15) is 32.7 Å². The van der Waals surface area contributed by atoms with Crippen LogP contribution in [0.25, 0.3) is 10.6 Å². The first-order valence-corrected chi connectivity index (χ1v) is 9.28. The molecule has 0 saturated carbocycles. The molecule has 0 atom stereocenters. The van der Waals surface area contributed by atoms with Crippen LogP contribution in [0.3, 0.4) is 0 Å². The van der Waals surface area contributed by atoms with Crippen LogP contribution in [0.2, 0.25) is 0 Å². The lowest BCUT2D eigenvalue weighted by Crippen LogP contribution is -2.26. The molecule has 0 spiro atoms. The van der Waals surface area contributed by atoms with Crippen LogP contribution >= 0.6 is 11.3 Å². The zero-order chi connectivity index (χ0) is 17.8. The minimum atomic E-state index is -0.0183. The van der Waals surface area contributed by atoms with Crippen molar-refractivity contribution >= 4 is 17.2 Å². The van der Waals surface area contributed by atoms with Gasteiger partial charge in [0.25, 0.3) is 5.91 Å². The fraction of sp³-hybridized carbons (Fsp3) is 0.238. The van der Waals surface area contributed by atoms with Gasteiger partial charge in [-0.3, -0.25) is 4.79 Å². The number of nitrogens with one attached hydrogen (secondary N) is 1. The number of nitrogens with zero attached hydrogens (tertiary/aromatic N) is 1. The molecular formula is C21H22N2OS. The van der Waals surface area contributed by atoms with Crippen LogP contribution < -0.4 is 5.32 Å². The minimum absolute atomic E-state index is 0.0183. The highest BCUT2D eigenvalue weighted by atomic mass is 32.1. The second kappa shape index (κ2) is 7.62. The summed E-state index contributed by atoms with van der Waals surface area (Å²) in [5, 5.41) is 6.09. The predicted octanol–water partition coefficient (Wildman–Crippen LogP) is 4.71. The van der Waals surface area contributed by atoms with E-state index in [1.165, 1.54) is 5.56 Å². The summed E-state index contributed by atoms with van der Waals surface area (Å²) in [7, 11) is 0. The Balaban J connectivity index is 1.58. The monoisotopic (exact) mass is 350 g/mol. The van der Waals surface area contributed by atoms with E-state index in [2.05, 4.69) is 46.9 Å². The molecule has 128 valence electrons.